The fraction of sp³-hybridized carbons (Fsp3) is 0.292. The molecule has 1 amide bonds. The molecule has 1 aromatic heterocycles. The number of piperidine rings is 1. The van der Waals surface area contributed by atoms with Gasteiger partial charge in [-0.2, -0.15) is 0 Å². The van der Waals surface area contributed by atoms with Gasteiger partial charge in [0.05, 0.1) is 23.9 Å². The number of rotatable bonds is 5. The van der Waals surface area contributed by atoms with Gasteiger partial charge in [-0.05, 0) is 55.7 Å². The van der Waals surface area contributed by atoms with Gasteiger partial charge < -0.3 is 14.4 Å². The number of methoxy groups -OCH3 is 1. The number of carbonyl (C=O) groups is 2. The summed E-state index contributed by atoms with van der Waals surface area (Å²) in [7, 11) is 1.61. The summed E-state index contributed by atoms with van der Waals surface area (Å²) in [5.74, 6) is 0.0842. The van der Waals surface area contributed by atoms with E-state index in [-0.39, 0.29) is 12.5 Å². The first-order chi connectivity index (χ1) is 14.7. The standard InChI is InChI=1S/C24H24N2O4/c1-29-18-11-9-17(10-12-18)22-15-20(19-7-3-4-8-21(19)25-22)24(28)30-16-23(27)26-13-5-2-6-14-26/h3-4,7-12,15H,2,5-6,13-14,16H2,1H3. The van der Waals surface area contributed by atoms with Gasteiger partial charge in [-0.1, -0.05) is 18.2 Å². The van der Waals surface area contributed by atoms with Crippen LogP contribution in [0.25, 0.3) is 22.2 Å². The van der Waals surface area contributed by atoms with E-state index in [1.807, 2.05) is 48.5 Å². The van der Waals surface area contributed by atoms with E-state index >= 15 is 0 Å². The molecule has 1 saturated heterocycles. The van der Waals surface area contributed by atoms with Crippen molar-refractivity contribution in [2.75, 3.05) is 26.8 Å². The average Bonchev–Trinajstić information content (AvgIpc) is 2.82. The number of likely N-dealkylation sites (tertiary alicyclic amines) is 1. The lowest BCUT2D eigenvalue weighted by atomic mass is 10.0. The number of amides is 1. The molecule has 0 N–H and O–H groups in total. The van der Waals surface area contributed by atoms with Gasteiger partial charge in [0, 0.05) is 24.0 Å². The SMILES string of the molecule is COc1ccc(-c2cc(C(=O)OCC(=O)N3CCCCC3)c3ccccc3n2)cc1. The van der Waals surface area contributed by atoms with Crippen LogP contribution in [0.2, 0.25) is 0 Å². The molecule has 0 atom stereocenters. The predicted octanol–water partition coefficient (Wildman–Crippen LogP) is 4.08. The molecule has 0 bridgehead atoms. The van der Waals surface area contributed by atoms with E-state index in [0.29, 0.717) is 22.2 Å². The normalized spacial score (nSPS) is 13.8. The van der Waals surface area contributed by atoms with Gasteiger partial charge in [0.2, 0.25) is 0 Å². The molecular formula is C24H24N2O4. The van der Waals surface area contributed by atoms with E-state index in [4.69, 9.17) is 9.47 Å². The van der Waals surface area contributed by atoms with Crippen LogP contribution in [-0.2, 0) is 9.53 Å². The van der Waals surface area contributed by atoms with Gasteiger partial charge >= 0.3 is 5.97 Å². The maximum absolute atomic E-state index is 12.9. The lowest BCUT2D eigenvalue weighted by Gasteiger charge is -2.26. The Morgan fingerprint density at radius 3 is 2.47 bits per heavy atom. The third-order valence-electron chi connectivity index (χ3n) is 5.36. The highest BCUT2D eigenvalue weighted by Crippen LogP contribution is 2.27. The number of ether oxygens (including phenoxy) is 2. The summed E-state index contributed by atoms with van der Waals surface area (Å²) in [4.78, 5) is 31.7. The van der Waals surface area contributed by atoms with E-state index in [0.717, 1.165) is 43.7 Å². The summed E-state index contributed by atoms with van der Waals surface area (Å²) >= 11 is 0. The van der Waals surface area contributed by atoms with Crippen molar-refractivity contribution in [3.63, 3.8) is 0 Å². The predicted molar refractivity (Wildman–Crippen MR) is 114 cm³/mol. The summed E-state index contributed by atoms with van der Waals surface area (Å²) in [6.45, 7) is 1.22. The van der Waals surface area contributed by atoms with Crippen LogP contribution in [0.4, 0.5) is 0 Å². The molecule has 6 nitrogen and oxygen atoms in total. The first kappa shape index (κ1) is 19.9. The number of aromatic nitrogens is 1. The van der Waals surface area contributed by atoms with Crippen LogP contribution in [-0.4, -0.2) is 48.6 Å². The van der Waals surface area contributed by atoms with Crippen molar-refractivity contribution in [3.05, 3.63) is 60.2 Å². The van der Waals surface area contributed by atoms with Crippen molar-refractivity contribution in [1.29, 1.82) is 0 Å². The number of carbonyl (C=O) groups excluding carboxylic acids is 2. The molecule has 6 heteroatoms. The Kier molecular flexibility index (Phi) is 5.93. The van der Waals surface area contributed by atoms with Crippen molar-refractivity contribution in [3.8, 4) is 17.0 Å². The molecule has 0 unspecified atom stereocenters. The van der Waals surface area contributed by atoms with Crippen LogP contribution in [0.5, 0.6) is 5.75 Å². The molecule has 0 aliphatic carbocycles. The van der Waals surface area contributed by atoms with Crippen LogP contribution < -0.4 is 4.74 Å². The Morgan fingerprint density at radius 1 is 1.00 bits per heavy atom. The zero-order chi connectivity index (χ0) is 20.9. The summed E-state index contributed by atoms with van der Waals surface area (Å²) in [6.07, 6.45) is 3.14. The van der Waals surface area contributed by atoms with E-state index in [2.05, 4.69) is 4.98 Å². The number of para-hydroxylation sites is 1. The molecule has 1 aliphatic rings. The number of fused-ring (bicyclic) bond motifs is 1. The number of esters is 1. The first-order valence-electron chi connectivity index (χ1n) is 10.1. The van der Waals surface area contributed by atoms with Crippen LogP contribution >= 0.6 is 0 Å². The average molecular weight is 404 g/mol. The number of hydrogen-bond donors (Lipinski definition) is 0. The first-order valence-corrected chi connectivity index (χ1v) is 10.1. The molecule has 1 fully saturated rings. The van der Waals surface area contributed by atoms with Crippen molar-refractivity contribution in [1.82, 2.24) is 9.88 Å². The Morgan fingerprint density at radius 2 is 1.73 bits per heavy atom. The van der Waals surface area contributed by atoms with Gasteiger partial charge in [0.25, 0.3) is 5.91 Å². The van der Waals surface area contributed by atoms with E-state index in [1.54, 1.807) is 18.1 Å². The lowest BCUT2D eigenvalue weighted by Crippen LogP contribution is -2.38. The third kappa shape index (κ3) is 4.27. The molecule has 4 rings (SSSR count). The number of nitrogens with zero attached hydrogens (tertiary/aromatic N) is 2. The molecule has 0 saturated carbocycles. The van der Waals surface area contributed by atoms with Crippen LogP contribution in [0.3, 0.4) is 0 Å². The Hall–Kier alpha value is -3.41. The van der Waals surface area contributed by atoms with Crippen molar-refractivity contribution >= 4 is 22.8 Å². The maximum atomic E-state index is 12.9. The highest BCUT2D eigenvalue weighted by atomic mass is 16.5. The Bertz CT molecular complexity index is 1060. The number of benzene rings is 2. The van der Waals surface area contributed by atoms with Crippen molar-refractivity contribution in [2.24, 2.45) is 0 Å². The molecule has 3 aromatic rings. The topological polar surface area (TPSA) is 68.7 Å². The van der Waals surface area contributed by atoms with Gasteiger partial charge in [0.15, 0.2) is 6.61 Å². The zero-order valence-corrected chi connectivity index (χ0v) is 17.0. The second kappa shape index (κ2) is 8.95. The minimum absolute atomic E-state index is 0.142. The molecule has 1 aliphatic heterocycles. The molecular weight excluding hydrogens is 380 g/mol. The summed E-state index contributed by atoms with van der Waals surface area (Å²) < 4.78 is 10.6. The summed E-state index contributed by atoms with van der Waals surface area (Å²) in [6, 6.07) is 16.6. The van der Waals surface area contributed by atoms with Gasteiger partial charge in [-0.3, -0.25) is 4.79 Å². The Balaban J connectivity index is 1.60. The van der Waals surface area contributed by atoms with E-state index in [9.17, 15) is 9.59 Å². The van der Waals surface area contributed by atoms with Crippen molar-refractivity contribution in [2.45, 2.75) is 19.3 Å². The fourth-order valence-electron chi connectivity index (χ4n) is 3.69. The van der Waals surface area contributed by atoms with Crippen LogP contribution in [0.15, 0.2) is 54.6 Å². The molecule has 30 heavy (non-hydrogen) atoms. The highest BCUT2D eigenvalue weighted by Gasteiger charge is 2.20. The third-order valence-corrected chi connectivity index (χ3v) is 5.36. The van der Waals surface area contributed by atoms with Gasteiger partial charge in [-0.25, -0.2) is 9.78 Å². The number of hydrogen-bond acceptors (Lipinski definition) is 5. The smallest absolute Gasteiger partial charge is 0.339 e. The maximum Gasteiger partial charge on any atom is 0.339 e. The fourth-order valence-corrected chi connectivity index (χ4v) is 3.69. The molecule has 154 valence electrons. The highest BCUT2D eigenvalue weighted by molar-refractivity contribution is 6.05. The van der Waals surface area contributed by atoms with Crippen molar-refractivity contribution < 1.29 is 19.1 Å². The quantitative estimate of drug-likeness (QED) is 0.600. The monoisotopic (exact) mass is 404 g/mol. The minimum Gasteiger partial charge on any atom is -0.497 e. The second-order valence-corrected chi connectivity index (χ2v) is 7.32. The van der Waals surface area contributed by atoms with Crippen LogP contribution in [0.1, 0.15) is 29.6 Å². The molecule has 0 spiro atoms. The Labute approximate surface area is 175 Å². The second-order valence-electron chi connectivity index (χ2n) is 7.32. The summed E-state index contributed by atoms with van der Waals surface area (Å²) in [5.41, 5.74) is 2.61. The molecule has 2 aromatic carbocycles. The zero-order valence-electron chi connectivity index (χ0n) is 17.0. The van der Waals surface area contributed by atoms with Gasteiger partial charge in [-0.15, -0.1) is 0 Å². The van der Waals surface area contributed by atoms with E-state index < -0.39 is 5.97 Å². The number of pyridine rings is 1. The van der Waals surface area contributed by atoms with E-state index in [1.165, 1.54) is 0 Å². The molecule has 0 radical (unpaired) electrons. The van der Waals surface area contributed by atoms with Crippen LogP contribution in [0, 0.1) is 0 Å². The van der Waals surface area contributed by atoms with Gasteiger partial charge in [0.1, 0.15) is 5.75 Å². The minimum atomic E-state index is -0.520. The summed E-state index contributed by atoms with van der Waals surface area (Å²) in [5, 5.41) is 0.699. The lowest BCUT2D eigenvalue weighted by molar-refractivity contribution is -0.135. The molecule has 2 heterocycles. The largest absolute Gasteiger partial charge is 0.497 e.